The van der Waals surface area contributed by atoms with E-state index in [0.29, 0.717) is 13.0 Å². The first-order chi connectivity index (χ1) is 14.8. The van der Waals surface area contributed by atoms with Crippen molar-refractivity contribution in [3.05, 3.63) is 71.0 Å². The fraction of sp³-hybridized carbons (Fsp3) is 0.440. The molecule has 1 atom stereocenters. The quantitative estimate of drug-likeness (QED) is 0.765. The lowest BCUT2D eigenvalue weighted by Gasteiger charge is -2.73. The van der Waals surface area contributed by atoms with Crippen LogP contribution in [0.5, 0.6) is 0 Å². The number of carbonyl (C=O) groups excluding carboxylic acids is 1. The van der Waals surface area contributed by atoms with Crippen molar-refractivity contribution >= 4 is 12.0 Å². The molecule has 3 saturated carbocycles. The van der Waals surface area contributed by atoms with E-state index >= 15 is 0 Å². The molecule has 2 aromatic carbocycles. The minimum absolute atomic E-state index is 0.120. The van der Waals surface area contributed by atoms with Crippen molar-refractivity contribution in [3.63, 3.8) is 0 Å². The molecule has 3 fully saturated rings. The number of benzene rings is 2. The minimum Gasteiger partial charge on any atom is -0.465 e. The summed E-state index contributed by atoms with van der Waals surface area (Å²) in [5.74, 6) is -0.163. The van der Waals surface area contributed by atoms with Gasteiger partial charge in [-0.15, -0.1) is 0 Å². The summed E-state index contributed by atoms with van der Waals surface area (Å²) in [4.78, 5) is 28.0. The second-order valence-corrected chi connectivity index (χ2v) is 9.59. The lowest BCUT2D eigenvalue weighted by molar-refractivity contribution is -0.205. The molecule has 162 valence electrons. The van der Waals surface area contributed by atoms with Crippen LogP contribution in [0.15, 0.2) is 48.5 Å². The molecule has 6 rings (SSSR count). The van der Waals surface area contributed by atoms with Gasteiger partial charge in [0, 0.05) is 25.6 Å². The number of carboxylic acid groups (broad SMARTS) is 1. The number of fused-ring (bicyclic) bond motifs is 1. The van der Waals surface area contributed by atoms with Crippen molar-refractivity contribution in [2.24, 2.45) is 5.41 Å². The summed E-state index contributed by atoms with van der Waals surface area (Å²) in [6.07, 6.45) is 3.79. The van der Waals surface area contributed by atoms with E-state index in [4.69, 9.17) is 0 Å². The Morgan fingerprint density at radius 2 is 1.81 bits per heavy atom. The van der Waals surface area contributed by atoms with Gasteiger partial charge in [-0.1, -0.05) is 36.4 Å². The third-order valence-corrected chi connectivity index (χ3v) is 7.77. The number of nitrogens with zero attached hydrogens (tertiary/aromatic N) is 2. The molecule has 3 aliphatic carbocycles. The Labute approximate surface area is 181 Å². The molecule has 0 saturated heterocycles. The number of hydrogen-bond acceptors (Lipinski definition) is 2. The standard InChI is InChI=1S/C25H27FN2O3/c1-27(23(30)31)25-14-24(15-25,16-25)12-10-21(29)28-13-11-17-4-2-3-5-20(17)22(28)18-6-8-19(26)9-7-18/h2-9,22H,10-16H2,1H3,(H,30,31)/t22-,24?,25?/m0/s1. The molecular formula is C25H27FN2O3. The van der Waals surface area contributed by atoms with Gasteiger partial charge in [0.2, 0.25) is 5.91 Å². The smallest absolute Gasteiger partial charge is 0.407 e. The van der Waals surface area contributed by atoms with Crippen LogP contribution in [0.3, 0.4) is 0 Å². The summed E-state index contributed by atoms with van der Waals surface area (Å²) in [6.45, 7) is 0.649. The van der Waals surface area contributed by atoms with Crippen LogP contribution in [0.4, 0.5) is 9.18 Å². The van der Waals surface area contributed by atoms with Crippen LogP contribution in [-0.4, -0.2) is 46.0 Å². The zero-order valence-corrected chi connectivity index (χ0v) is 17.7. The van der Waals surface area contributed by atoms with Crippen LogP contribution in [0.2, 0.25) is 0 Å². The third-order valence-electron chi connectivity index (χ3n) is 7.77. The van der Waals surface area contributed by atoms with Gasteiger partial charge in [0.15, 0.2) is 0 Å². The van der Waals surface area contributed by atoms with Crippen LogP contribution < -0.4 is 0 Å². The molecule has 4 aliphatic rings. The van der Waals surface area contributed by atoms with Crippen molar-refractivity contribution in [1.29, 1.82) is 0 Å². The highest BCUT2D eigenvalue weighted by Gasteiger charge is 2.70. The summed E-state index contributed by atoms with van der Waals surface area (Å²) in [6, 6.07) is 14.4. The molecule has 5 nitrogen and oxygen atoms in total. The summed E-state index contributed by atoms with van der Waals surface area (Å²) in [5, 5.41) is 9.26. The molecule has 0 unspecified atom stereocenters. The number of amides is 2. The normalized spacial score (nSPS) is 28.2. The second-order valence-electron chi connectivity index (χ2n) is 9.59. The number of rotatable bonds is 5. The molecule has 2 bridgehead atoms. The van der Waals surface area contributed by atoms with Crippen LogP contribution in [0, 0.1) is 11.2 Å². The van der Waals surface area contributed by atoms with Crippen molar-refractivity contribution < 1.29 is 19.1 Å². The van der Waals surface area contributed by atoms with E-state index in [1.807, 2.05) is 17.0 Å². The van der Waals surface area contributed by atoms with Crippen molar-refractivity contribution in [1.82, 2.24) is 9.80 Å². The average Bonchev–Trinajstić information content (AvgIpc) is 2.71. The summed E-state index contributed by atoms with van der Waals surface area (Å²) in [5.41, 5.74) is 3.20. The number of hydrogen-bond donors (Lipinski definition) is 1. The molecule has 0 spiro atoms. The van der Waals surface area contributed by atoms with Crippen molar-refractivity contribution in [2.75, 3.05) is 13.6 Å². The molecular weight excluding hydrogens is 395 g/mol. The Hall–Kier alpha value is -2.89. The van der Waals surface area contributed by atoms with E-state index in [0.717, 1.165) is 43.2 Å². The maximum Gasteiger partial charge on any atom is 0.407 e. The van der Waals surface area contributed by atoms with Gasteiger partial charge in [-0.3, -0.25) is 4.79 Å². The maximum atomic E-state index is 13.5. The molecule has 1 heterocycles. The first-order valence-corrected chi connectivity index (χ1v) is 10.9. The molecule has 0 radical (unpaired) electrons. The van der Waals surface area contributed by atoms with Crippen LogP contribution in [-0.2, 0) is 11.2 Å². The van der Waals surface area contributed by atoms with E-state index in [-0.39, 0.29) is 28.7 Å². The highest BCUT2D eigenvalue weighted by Crippen LogP contribution is 2.71. The average molecular weight is 423 g/mol. The molecule has 1 aliphatic heterocycles. The monoisotopic (exact) mass is 422 g/mol. The van der Waals surface area contributed by atoms with Gasteiger partial charge >= 0.3 is 6.09 Å². The predicted octanol–water partition coefficient (Wildman–Crippen LogP) is 4.61. The van der Waals surface area contributed by atoms with E-state index in [2.05, 4.69) is 12.1 Å². The zero-order valence-electron chi connectivity index (χ0n) is 17.7. The van der Waals surface area contributed by atoms with Crippen molar-refractivity contribution in [3.8, 4) is 0 Å². The molecule has 6 heteroatoms. The first-order valence-electron chi connectivity index (χ1n) is 10.9. The Morgan fingerprint density at radius 3 is 2.48 bits per heavy atom. The zero-order chi connectivity index (χ0) is 21.8. The lowest BCUT2D eigenvalue weighted by atomic mass is 9.37. The van der Waals surface area contributed by atoms with Gasteiger partial charge < -0.3 is 14.9 Å². The Kier molecular flexibility index (Phi) is 4.57. The molecule has 0 aromatic heterocycles. The Balaban J connectivity index is 1.31. The van der Waals surface area contributed by atoms with E-state index in [1.54, 1.807) is 19.2 Å². The summed E-state index contributed by atoms with van der Waals surface area (Å²) < 4.78 is 13.5. The highest BCUT2D eigenvalue weighted by molar-refractivity contribution is 5.78. The van der Waals surface area contributed by atoms with Gasteiger partial charge in [-0.25, -0.2) is 9.18 Å². The number of carbonyl (C=O) groups is 2. The molecule has 31 heavy (non-hydrogen) atoms. The molecule has 1 N–H and O–H groups in total. The van der Waals surface area contributed by atoms with Gasteiger partial charge in [0.1, 0.15) is 5.82 Å². The highest BCUT2D eigenvalue weighted by atomic mass is 19.1. The van der Waals surface area contributed by atoms with Crippen LogP contribution in [0.1, 0.15) is 54.8 Å². The van der Waals surface area contributed by atoms with Gasteiger partial charge in [-0.2, -0.15) is 0 Å². The first kappa shape index (κ1) is 20.0. The molecule has 2 amide bonds. The van der Waals surface area contributed by atoms with Gasteiger partial charge in [0.25, 0.3) is 0 Å². The third kappa shape index (κ3) is 3.20. The maximum absolute atomic E-state index is 13.5. The largest absolute Gasteiger partial charge is 0.465 e. The minimum atomic E-state index is -0.876. The molecule has 2 aromatic rings. The Morgan fingerprint density at radius 1 is 1.13 bits per heavy atom. The lowest BCUT2D eigenvalue weighted by Crippen LogP contribution is -2.74. The summed E-state index contributed by atoms with van der Waals surface area (Å²) >= 11 is 0. The second kappa shape index (κ2) is 7.08. The number of halogens is 1. The SMILES string of the molecule is CN(C(=O)O)C12CC(CCC(=O)N3CCc4ccccc4[C@@H]3c3ccc(F)cc3)(C1)C2. The van der Waals surface area contributed by atoms with Crippen LogP contribution in [0.25, 0.3) is 0 Å². The van der Waals surface area contributed by atoms with E-state index in [1.165, 1.54) is 22.6 Å². The Bertz CT molecular complexity index is 1020. The topological polar surface area (TPSA) is 60.9 Å². The van der Waals surface area contributed by atoms with Gasteiger partial charge in [0.05, 0.1) is 6.04 Å². The van der Waals surface area contributed by atoms with E-state index in [9.17, 15) is 19.1 Å². The van der Waals surface area contributed by atoms with Crippen molar-refractivity contribution in [2.45, 2.75) is 50.1 Å². The fourth-order valence-corrected chi connectivity index (χ4v) is 6.12. The van der Waals surface area contributed by atoms with E-state index < -0.39 is 6.09 Å². The summed E-state index contributed by atoms with van der Waals surface area (Å²) in [7, 11) is 1.65. The van der Waals surface area contributed by atoms with Gasteiger partial charge in [-0.05, 0) is 66.3 Å². The van der Waals surface area contributed by atoms with Crippen LogP contribution >= 0.6 is 0 Å². The fourth-order valence-electron chi connectivity index (χ4n) is 6.12. The predicted molar refractivity (Wildman–Crippen MR) is 114 cm³/mol.